The van der Waals surface area contributed by atoms with Crippen LogP contribution in [-0.4, -0.2) is 24.2 Å². The summed E-state index contributed by atoms with van der Waals surface area (Å²) in [6.07, 6.45) is -0.168. The first-order valence-electron chi connectivity index (χ1n) is 5.38. The Morgan fingerprint density at radius 3 is 2.47 bits per heavy atom. The maximum atomic E-state index is 11.7. The van der Waals surface area contributed by atoms with E-state index in [1.165, 1.54) is 0 Å². The van der Waals surface area contributed by atoms with Crippen LogP contribution in [0.3, 0.4) is 0 Å². The standard InChI is InChI=1S/C10H17F3O2/c11-10(12,13)15-7-6-8-4-2-1-3-5-9(8)14/h8-9,14H,1-7H2. The molecule has 0 aromatic rings. The van der Waals surface area contributed by atoms with Gasteiger partial charge in [0.2, 0.25) is 0 Å². The van der Waals surface area contributed by atoms with Crippen molar-refractivity contribution in [2.45, 2.75) is 51.0 Å². The smallest absolute Gasteiger partial charge is 0.393 e. The van der Waals surface area contributed by atoms with E-state index in [0.29, 0.717) is 12.8 Å². The third-order valence-corrected chi connectivity index (χ3v) is 2.87. The van der Waals surface area contributed by atoms with Gasteiger partial charge in [0.1, 0.15) is 0 Å². The lowest BCUT2D eigenvalue weighted by atomic mass is 9.94. The minimum atomic E-state index is -4.55. The van der Waals surface area contributed by atoms with Crippen LogP contribution in [0.1, 0.15) is 38.5 Å². The van der Waals surface area contributed by atoms with Crippen molar-refractivity contribution in [2.75, 3.05) is 6.61 Å². The van der Waals surface area contributed by atoms with Gasteiger partial charge in [-0.05, 0) is 25.2 Å². The molecule has 0 bridgehead atoms. The lowest BCUT2D eigenvalue weighted by Gasteiger charge is -2.20. The Morgan fingerprint density at radius 1 is 1.13 bits per heavy atom. The molecular weight excluding hydrogens is 209 g/mol. The van der Waals surface area contributed by atoms with Gasteiger partial charge in [-0.3, -0.25) is 4.74 Å². The van der Waals surface area contributed by atoms with Crippen molar-refractivity contribution in [3.63, 3.8) is 0 Å². The number of rotatable bonds is 3. The molecule has 0 aromatic carbocycles. The average molecular weight is 226 g/mol. The predicted octanol–water partition coefficient (Wildman–Crippen LogP) is 2.85. The molecule has 90 valence electrons. The molecule has 1 fully saturated rings. The van der Waals surface area contributed by atoms with Gasteiger partial charge in [0.05, 0.1) is 12.7 Å². The highest BCUT2D eigenvalue weighted by atomic mass is 19.4. The van der Waals surface area contributed by atoms with E-state index in [4.69, 9.17) is 0 Å². The zero-order chi connectivity index (χ0) is 11.3. The molecule has 2 nitrogen and oxygen atoms in total. The topological polar surface area (TPSA) is 29.5 Å². The van der Waals surface area contributed by atoms with Crippen molar-refractivity contribution in [1.82, 2.24) is 0 Å². The van der Waals surface area contributed by atoms with E-state index in [1.54, 1.807) is 0 Å². The number of aliphatic hydroxyl groups excluding tert-OH is 1. The highest BCUT2D eigenvalue weighted by molar-refractivity contribution is 4.72. The molecule has 1 aliphatic carbocycles. The maximum Gasteiger partial charge on any atom is 0.522 e. The van der Waals surface area contributed by atoms with Crippen LogP contribution in [-0.2, 0) is 4.74 Å². The summed E-state index contributed by atoms with van der Waals surface area (Å²) in [6.45, 7) is -0.342. The summed E-state index contributed by atoms with van der Waals surface area (Å²) in [6, 6.07) is 0. The zero-order valence-electron chi connectivity index (χ0n) is 8.59. The molecule has 0 spiro atoms. The van der Waals surface area contributed by atoms with Gasteiger partial charge in [-0.25, -0.2) is 0 Å². The molecule has 0 aliphatic heterocycles. The SMILES string of the molecule is OC1CCCCCC1CCOC(F)(F)F. The van der Waals surface area contributed by atoms with E-state index in [2.05, 4.69) is 4.74 Å². The fourth-order valence-electron chi connectivity index (χ4n) is 2.03. The van der Waals surface area contributed by atoms with Crippen LogP contribution in [0, 0.1) is 5.92 Å². The first-order valence-corrected chi connectivity index (χ1v) is 5.38. The van der Waals surface area contributed by atoms with Crippen molar-refractivity contribution in [3.8, 4) is 0 Å². The first-order chi connectivity index (χ1) is 6.99. The van der Waals surface area contributed by atoms with Crippen molar-refractivity contribution in [2.24, 2.45) is 5.92 Å². The molecule has 1 saturated carbocycles. The Balaban J connectivity index is 2.23. The van der Waals surface area contributed by atoms with Crippen LogP contribution in [0.15, 0.2) is 0 Å². The van der Waals surface area contributed by atoms with Gasteiger partial charge < -0.3 is 5.11 Å². The molecule has 0 radical (unpaired) electrons. The van der Waals surface area contributed by atoms with Crippen LogP contribution in [0.25, 0.3) is 0 Å². The first kappa shape index (κ1) is 12.8. The maximum absolute atomic E-state index is 11.7. The molecule has 0 heterocycles. The molecule has 0 aromatic heterocycles. The number of hydrogen-bond donors (Lipinski definition) is 1. The normalized spacial score (nSPS) is 28.8. The van der Waals surface area contributed by atoms with E-state index in [9.17, 15) is 18.3 Å². The molecule has 1 aliphatic rings. The molecule has 0 amide bonds. The highest BCUT2D eigenvalue weighted by Gasteiger charge is 2.30. The van der Waals surface area contributed by atoms with Crippen LogP contribution in [0.2, 0.25) is 0 Å². The Labute approximate surface area is 87.4 Å². The Kier molecular flexibility index (Phi) is 4.86. The van der Waals surface area contributed by atoms with E-state index in [1.807, 2.05) is 0 Å². The van der Waals surface area contributed by atoms with Gasteiger partial charge >= 0.3 is 6.36 Å². The number of alkyl halides is 3. The fourth-order valence-corrected chi connectivity index (χ4v) is 2.03. The second kappa shape index (κ2) is 5.70. The van der Waals surface area contributed by atoms with Crippen molar-refractivity contribution in [3.05, 3.63) is 0 Å². The van der Waals surface area contributed by atoms with Gasteiger partial charge in [0.15, 0.2) is 0 Å². The summed E-state index contributed by atoms with van der Waals surface area (Å²) in [5, 5.41) is 9.64. The Hall–Kier alpha value is -0.290. The molecule has 2 unspecified atom stereocenters. The summed E-state index contributed by atoms with van der Waals surface area (Å²) in [4.78, 5) is 0. The van der Waals surface area contributed by atoms with Crippen LogP contribution in [0.5, 0.6) is 0 Å². The highest BCUT2D eigenvalue weighted by Crippen LogP contribution is 2.27. The van der Waals surface area contributed by atoms with Crippen molar-refractivity contribution >= 4 is 0 Å². The van der Waals surface area contributed by atoms with Crippen molar-refractivity contribution in [1.29, 1.82) is 0 Å². The van der Waals surface area contributed by atoms with Gasteiger partial charge in [-0.15, -0.1) is 13.2 Å². The number of ether oxygens (including phenoxy) is 1. The van der Waals surface area contributed by atoms with Crippen molar-refractivity contribution < 1.29 is 23.0 Å². The van der Waals surface area contributed by atoms with Crippen LogP contribution in [0.4, 0.5) is 13.2 Å². The average Bonchev–Trinajstić information content (AvgIpc) is 2.30. The Bertz CT molecular complexity index is 182. The number of halogens is 3. The van der Waals surface area contributed by atoms with E-state index in [-0.39, 0.29) is 12.5 Å². The third kappa shape index (κ3) is 5.37. The van der Waals surface area contributed by atoms with E-state index >= 15 is 0 Å². The fraction of sp³-hybridized carbons (Fsp3) is 1.00. The van der Waals surface area contributed by atoms with Gasteiger partial charge in [0, 0.05) is 0 Å². The summed E-state index contributed by atoms with van der Waals surface area (Å²) in [7, 11) is 0. The molecule has 5 heteroatoms. The summed E-state index contributed by atoms with van der Waals surface area (Å²) < 4.78 is 38.8. The lowest BCUT2D eigenvalue weighted by molar-refractivity contribution is -0.325. The third-order valence-electron chi connectivity index (χ3n) is 2.87. The summed E-state index contributed by atoms with van der Waals surface area (Å²) in [5.41, 5.74) is 0. The molecule has 15 heavy (non-hydrogen) atoms. The monoisotopic (exact) mass is 226 g/mol. The molecular formula is C10H17F3O2. The van der Waals surface area contributed by atoms with Gasteiger partial charge in [0.25, 0.3) is 0 Å². The van der Waals surface area contributed by atoms with Crippen LogP contribution < -0.4 is 0 Å². The largest absolute Gasteiger partial charge is 0.522 e. The quantitative estimate of drug-likeness (QED) is 0.750. The summed E-state index contributed by atoms with van der Waals surface area (Å²) >= 11 is 0. The van der Waals surface area contributed by atoms with E-state index < -0.39 is 12.5 Å². The minimum Gasteiger partial charge on any atom is -0.393 e. The molecule has 2 atom stereocenters. The Morgan fingerprint density at radius 2 is 1.80 bits per heavy atom. The zero-order valence-corrected chi connectivity index (χ0v) is 8.59. The lowest BCUT2D eigenvalue weighted by Crippen LogP contribution is -2.22. The molecule has 0 saturated heterocycles. The number of aliphatic hydroxyl groups is 1. The van der Waals surface area contributed by atoms with Crippen LogP contribution >= 0.6 is 0 Å². The molecule has 1 rings (SSSR count). The predicted molar refractivity (Wildman–Crippen MR) is 49.2 cm³/mol. The summed E-state index contributed by atoms with van der Waals surface area (Å²) in [5.74, 6) is -0.0325. The second-order valence-corrected chi connectivity index (χ2v) is 4.05. The number of hydrogen-bond acceptors (Lipinski definition) is 2. The minimum absolute atomic E-state index is 0.0325. The van der Waals surface area contributed by atoms with E-state index in [0.717, 1.165) is 25.7 Å². The second-order valence-electron chi connectivity index (χ2n) is 4.05. The molecule has 1 N–H and O–H groups in total. The van der Waals surface area contributed by atoms with Gasteiger partial charge in [-0.1, -0.05) is 19.3 Å². The van der Waals surface area contributed by atoms with Gasteiger partial charge in [-0.2, -0.15) is 0 Å².